The van der Waals surface area contributed by atoms with Crippen LogP contribution in [-0.2, 0) is 0 Å². The smallest absolute Gasteiger partial charge is 0.357 e. The summed E-state index contributed by atoms with van der Waals surface area (Å²) in [5.74, 6) is -2.46. The van der Waals surface area contributed by atoms with Gasteiger partial charge in [-0.15, -0.1) is 0 Å². The third-order valence-electron chi connectivity index (χ3n) is 2.10. The molecule has 82 valence electrons. The number of carboxylic acids is 2. The largest absolute Gasteiger partial charge is 0.478 e. The van der Waals surface area contributed by atoms with Crippen LogP contribution < -0.4 is 0 Å². The number of hydrogen-bond donors (Lipinski definition) is 3. The number of hydrogen-bond acceptors (Lipinski definition) is 3. The summed E-state index contributed by atoms with van der Waals surface area (Å²) in [4.78, 5) is 21.8. The molecule has 0 aliphatic heterocycles. The lowest BCUT2D eigenvalue weighted by molar-refractivity contribution is 0.0691. The van der Waals surface area contributed by atoms with Gasteiger partial charge in [-0.25, -0.2) is 9.59 Å². The molecule has 0 aliphatic rings. The van der Waals surface area contributed by atoms with E-state index >= 15 is 0 Å². The SMILES string of the molecule is O=C(O)c1ccc(Br)c2[nH]nc(C(=O)O)c12. The number of benzene rings is 1. The molecular weight excluding hydrogens is 280 g/mol. The highest BCUT2D eigenvalue weighted by Crippen LogP contribution is 2.27. The van der Waals surface area contributed by atoms with Crippen molar-refractivity contribution in [3.63, 3.8) is 0 Å². The average Bonchev–Trinajstić information content (AvgIpc) is 2.62. The highest BCUT2D eigenvalue weighted by Gasteiger charge is 2.20. The first-order valence-corrected chi connectivity index (χ1v) is 4.95. The van der Waals surface area contributed by atoms with Crippen molar-refractivity contribution in [2.24, 2.45) is 0 Å². The predicted octanol–water partition coefficient (Wildman–Crippen LogP) is 1.72. The second-order valence-corrected chi connectivity index (χ2v) is 3.88. The molecule has 2 aromatic rings. The fourth-order valence-corrected chi connectivity index (χ4v) is 1.85. The van der Waals surface area contributed by atoms with E-state index in [1.807, 2.05) is 0 Å². The van der Waals surface area contributed by atoms with Gasteiger partial charge in [-0.1, -0.05) is 0 Å². The van der Waals surface area contributed by atoms with Crippen LogP contribution in [0.4, 0.5) is 0 Å². The van der Waals surface area contributed by atoms with Crippen molar-refractivity contribution < 1.29 is 19.8 Å². The fraction of sp³-hybridized carbons (Fsp3) is 0. The Hall–Kier alpha value is -1.89. The Labute approximate surface area is 97.0 Å². The Bertz CT molecular complexity index is 605. The molecule has 0 fully saturated rings. The van der Waals surface area contributed by atoms with Crippen LogP contribution >= 0.6 is 15.9 Å². The van der Waals surface area contributed by atoms with E-state index in [9.17, 15) is 9.59 Å². The maximum Gasteiger partial charge on any atom is 0.357 e. The summed E-state index contributed by atoms with van der Waals surface area (Å²) < 4.78 is 0.563. The van der Waals surface area contributed by atoms with E-state index < -0.39 is 11.9 Å². The fourth-order valence-electron chi connectivity index (χ4n) is 1.43. The molecule has 2 rings (SSSR count). The quantitative estimate of drug-likeness (QED) is 0.779. The molecule has 0 unspecified atom stereocenters. The Morgan fingerprint density at radius 3 is 2.50 bits per heavy atom. The number of H-pyrrole nitrogens is 1. The number of nitrogens with one attached hydrogen (secondary N) is 1. The standard InChI is InChI=1S/C9H5BrN2O4/c10-4-2-1-3(8(13)14)5-6(4)11-12-7(5)9(15)16/h1-2H,(H,11,12)(H,13,14)(H,15,16). The Balaban J connectivity index is 2.92. The van der Waals surface area contributed by atoms with Gasteiger partial charge in [-0.2, -0.15) is 5.10 Å². The summed E-state index contributed by atoms with van der Waals surface area (Å²) in [6.45, 7) is 0. The van der Waals surface area contributed by atoms with Gasteiger partial charge in [0.15, 0.2) is 5.69 Å². The summed E-state index contributed by atoms with van der Waals surface area (Å²) in [6.07, 6.45) is 0. The molecule has 0 saturated carbocycles. The lowest BCUT2D eigenvalue weighted by Crippen LogP contribution is -2.02. The lowest BCUT2D eigenvalue weighted by atomic mass is 10.1. The Morgan fingerprint density at radius 2 is 1.94 bits per heavy atom. The molecule has 1 aromatic carbocycles. The molecule has 7 heteroatoms. The van der Waals surface area contributed by atoms with Crippen molar-refractivity contribution in [3.8, 4) is 0 Å². The number of carboxylic acid groups (broad SMARTS) is 2. The van der Waals surface area contributed by atoms with Crippen LogP contribution in [0.3, 0.4) is 0 Å². The summed E-state index contributed by atoms with van der Waals surface area (Å²) in [5, 5.41) is 24.0. The minimum Gasteiger partial charge on any atom is -0.478 e. The molecule has 16 heavy (non-hydrogen) atoms. The Kier molecular flexibility index (Phi) is 2.39. The van der Waals surface area contributed by atoms with Gasteiger partial charge in [0.05, 0.1) is 16.5 Å². The molecule has 1 aromatic heterocycles. The number of aromatic amines is 1. The van der Waals surface area contributed by atoms with E-state index in [0.29, 0.717) is 9.99 Å². The van der Waals surface area contributed by atoms with E-state index in [0.717, 1.165) is 0 Å². The zero-order valence-corrected chi connectivity index (χ0v) is 9.28. The van der Waals surface area contributed by atoms with E-state index in [-0.39, 0.29) is 16.6 Å². The van der Waals surface area contributed by atoms with Gasteiger partial charge in [0, 0.05) is 4.47 Å². The first kappa shape index (κ1) is 10.6. The molecule has 3 N–H and O–H groups in total. The number of halogens is 1. The lowest BCUT2D eigenvalue weighted by Gasteiger charge is -1.99. The maximum atomic E-state index is 10.9. The van der Waals surface area contributed by atoms with Crippen molar-refractivity contribution in [2.75, 3.05) is 0 Å². The summed E-state index contributed by atoms with van der Waals surface area (Å²) >= 11 is 3.19. The van der Waals surface area contributed by atoms with Crippen LogP contribution in [0.5, 0.6) is 0 Å². The molecule has 0 saturated heterocycles. The van der Waals surface area contributed by atoms with Crippen molar-refractivity contribution in [1.29, 1.82) is 0 Å². The second-order valence-electron chi connectivity index (χ2n) is 3.03. The minimum absolute atomic E-state index is 0.0920. The zero-order chi connectivity index (χ0) is 11.9. The van der Waals surface area contributed by atoms with Gasteiger partial charge in [0.1, 0.15) is 0 Å². The third-order valence-corrected chi connectivity index (χ3v) is 2.76. The zero-order valence-electron chi connectivity index (χ0n) is 7.69. The topological polar surface area (TPSA) is 103 Å². The monoisotopic (exact) mass is 284 g/mol. The normalized spacial score (nSPS) is 10.6. The number of aromatic nitrogens is 2. The van der Waals surface area contributed by atoms with Gasteiger partial charge in [-0.3, -0.25) is 5.10 Å². The molecule has 0 radical (unpaired) electrons. The van der Waals surface area contributed by atoms with E-state index in [1.54, 1.807) is 0 Å². The Morgan fingerprint density at radius 1 is 1.25 bits per heavy atom. The number of carbonyl (C=O) groups is 2. The van der Waals surface area contributed by atoms with Crippen LogP contribution in [-0.4, -0.2) is 32.3 Å². The highest BCUT2D eigenvalue weighted by molar-refractivity contribution is 9.10. The van der Waals surface area contributed by atoms with Crippen molar-refractivity contribution >= 4 is 38.8 Å². The predicted molar refractivity (Wildman–Crippen MR) is 57.7 cm³/mol. The van der Waals surface area contributed by atoms with Gasteiger partial charge in [0.2, 0.25) is 0 Å². The van der Waals surface area contributed by atoms with Crippen molar-refractivity contribution in [2.45, 2.75) is 0 Å². The highest BCUT2D eigenvalue weighted by atomic mass is 79.9. The number of fused-ring (bicyclic) bond motifs is 1. The van der Waals surface area contributed by atoms with Crippen molar-refractivity contribution in [1.82, 2.24) is 10.2 Å². The molecule has 0 atom stereocenters. The summed E-state index contributed by atoms with van der Waals surface area (Å²) in [5.41, 5.74) is -0.0321. The molecular formula is C9H5BrN2O4. The van der Waals surface area contributed by atoms with E-state index in [2.05, 4.69) is 26.1 Å². The van der Waals surface area contributed by atoms with Gasteiger partial charge in [0.25, 0.3) is 0 Å². The minimum atomic E-state index is -1.27. The van der Waals surface area contributed by atoms with Crippen LogP contribution in [0.15, 0.2) is 16.6 Å². The van der Waals surface area contributed by atoms with E-state index in [1.165, 1.54) is 12.1 Å². The maximum absolute atomic E-state index is 10.9. The van der Waals surface area contributed by atoms with Gasteiger partial charge < -0.3 is 10.2 Å². The van der Waals surface area contributed by atoms with Gasteiger partial charge >= 0.3 is 11.9 Å². The summed E-state index contributed by atoms with van der Waals surface area (Å²) in [6, 6.07) is 2.85. The van der Waals surface area contributed by atoms with Crippen molar-refractivity contribution in [3.05, 3.63) is 27.9 Å². The summed E-state index contributed by atoms with van der Waals surface area (Å²) in [7, 11) is 0. The molecule has 0 bridgehead atoms. The second kappa shape index (κ2) is 3.60. The van der Waals surface area contributed by atoms with Crippen LogP contribution in [0.2, 0.25) is 0 Å². The molecule has 0 aliphatic carbocycles. The van der Waals surface area contributed by atoms with Gasteiger partial charge in [-0.05, 0) is 28.1 Å². The number of aromatic carboxylic acids is 2. The first-order valence-electron chi connectivity index (χ1n) is 4.15. The van der Waals surface area contributed by atoms with Crippen LogP contribution in [0.25, 0.3) is 10.9 Å². The van der Waals surface area contributed by atoms with E-state index in [4.69, 9.17) is 10.2 Å². The molecule has 0 spiro atoms. The molecule has 0 amide bonds. The van der Waals surface area contributed by atoms with Crippen LogP contribution in [0.1, 0.15) is 20.8 Å². The molecule has 1 heterocycles. The number of rotatable bonds is 2. The van der Waals surface area contributed by atoms with Crippen LogP contribution in [0, 0.1) is 0 Å². The average molecular weight is 285 g/mol. The third kappa shape index (κ3) is 1.45. The first-order chi connectivity index (χ1) is 7.52. The number of nitrogens with zero attached hydrogens (tertiary/aromatic N) is 1. The molecule has 6 nitrogen and oxygen atoms in total.